The van der Waals surface area contributed by atoms with Gasteiger partial charge in [0.1, 0.15) is 5.82 Å². The van der Waals surface area contributed by atoms with Crippen LogP contribution in [-0.2, 0) is 15.3 Å². The smallest absolute Gasteiger partial charge is 0.390 e. The molecule has 0 unspecified atom stereocenters. The van der Waals surface area contributed by atoms with Crippen molar-refractivity contribution in [2.24, 2.45) is 0 Å². The first-order valence-corrected chi connectivity index (χ1v) is 10.0. The van der Waals surface area contributed by atoms with E-state index in [0.29, 0.717) is 38.2 Å². The van der Waals surface area contributed by atoms with Crippen LogP contribution in [0.15, 0.2) is 12.1 Å². The summed E-state index contributed by atoms with van der Waals surface area (Å²) in [5.41, 5.74) is 0.193. The molecule has 0 atom stereocenters. The minimum Gasteiger partial charge on any atom is -0.390 e. The van der Waals surface area contributed by atoms with Crippen LogP contribution in [0.5, 0.6) is 0 Å². The average Bonchev–Trinajstić information content (AvgIpc) is 2.48. The van der Waals surface area contributed by atoms with Crippen molar-refractivity contribution in [1.29, 1.82) is 0 Å². The zero-order chi connectivity index (χ0) is 17.3. The second kappa shape index (κ2) is 10.1. The van der Waals surface area contributed by atoms with Gasteiger partial charge in [0.05, 0.1) is 0 Å². The molecular weight excluding hydrogens is 325 g/mol. The van der Waals surface area contributed by atoms with Gasteiger partial charge in [-0.1, -0.05) is 12.8 Å². The Morgan fingerprint density at radius 2 is 1.43 bits per heavy atom. The maximum atomic E-state index is 13.5. The third kappa shape index (κ3) is 7.03. The van der Waals surface area contributed by atoms with Gasteiger partial charge < -0.3 is 13.6 Å². The van der Waals surface area contributed by atoms with Crippen LogP contribution in [0.2, 0.25) is 6.04 Å². The zero-order valence-corrected chi connectivity index (χ0v) is 14.7. The molecule has 0 spiro atoms. The lowest BCUT2D eigenvalue weighted by atomic mass is 10.1. The molecule has 132 valence electrons. The SMILES string of the molecule is CCO[Si](O)(CCCCCCc1cc(F)c(F)cc1F)OCC. The van der Waals surface area contributed by atoms with Gasteiger partial charge in [0.2, 0.25) is 0 Å². The molecule has 0 saturated heterocycles. The first kappa shape index (κ1) is 20.2. The number of rotatable bonds is 11. The monoisotopic (exact) mass is 350 g/mol. The van der Waals surface area contributed by atoms with Gasteiger partial charge in [-0.15, -0.1) is 0 Å². The second-order valence-electron chi connectivity index (χ2n) is 5.35. The summed E-state index contributed by atoms with van der Waals surface area (Å²) in [6.45, 7) is 4.46. The lowest BCUT2D eigenvalue weighted by Crippen LogP contribution is -2.42. The largest absolute Gasteiger partial charge is 0.498 e. The van der Waals surface area contributed by atoms with E-state index < -0.39 is 26.3 Å². The number of hydrogen-bond donors (Lipinski definition) is 1. The molecule has 0 radical (unpaired) electrons. The van der Waals surface area contributed by atoms with Crippen molar-refractivity contribution >= 4 is 8.80 Å². The Morgan fingerprint density at radius 3 is 2.04 bits per heavy atom. The van der Waals surface area contributed by atoms with E-state index >= 15 is 0 Å². The Morgan fingerprint density at radius 1 is 0.870 bits per heavy atom. The van der Waals surface area contributed by atoms with Gasteiger partial charge >= 0.3 is 8.80 Å². The summed E-state index contributed by atoms with van der Waals surface area (Å²) in [6, 6.07) is 2.00. The second-order valence-corrected chi connectivity index (χ2v) is 7.85. The molecular formula is C16H25F3O3Si. The fourth-order valence-electron chi connectivity index (χ4n) is 2.41. The normalized spacial score (nSPS) is 11.9. The number of aryl methyl sites for hydroxylation is 1. The number of hydrogen-bond acceptors (Lipinski definition) is 3. The van der Waals surface area contributed by atoms with Crippen molar-refractivity contribution in [3.05, 3.63) is 35.1 Å². The summed E-state index contributed by atoms with van der Waals surface area (Å²) in [4.78, 5) is 10.2. The molecule has 1 rings (SSSR count). The van der Waals surface area contributed by atoms with Gasteiger partial charge in [-0.3, -0.25) is 0 Å². The van der Waals surface area contributed by atoms with E-state index in [2.05, 4.69) is 0 Å². The Hall–Kier alpha value is -0.893. The Bertz CT molecular complexity index is 480. The molecule has 0 amide bonds. The highest BCUT2D eigenvalue weighted by Gasteiger charge is 2.35. The van der Waals surface area contributed by atoms with Crippen molar-refractivity contribution in [3.63, 3.8) is 0 Å². The fraction of sp³-hybridized carbons (Fsp3) is 0.625. The number of benzene rings is 1. The van der Waals surface area contributed by atoms with E-state index in [0.717, 1.165) is 25.3 Å². The topological polar surface area (TPSA) is 38.7 Å². The maximum absolute atomic E-state index is 13.5. The lowest BCUT2D eigenvalue weighted by Gasteiger charge is -2.22. The van der Waals surface area contributed by atoms with Gasteiger partial charge in [-0.25, -0.2) is 13.2 Å². The van der Waals surface area contributed by atoms with E-state index in [-0.39, 0.29) is 5.56 Å². The zero-order valence-electron chi connectivity index (χ0n) is 13.7. The van der Waals surface area contributed by atoms with E-state index in [1.54, 1.807) is 0 Å². The molecule has 1 aromatic rings. The van der Waals surface area contributed by atoms with Crippen LogP contribution in [0.3, 0.4) is 0 Å². The molecule has 0 aliphatic heterocycles. The molecule has 3 nitrogen and oxygen atoms in total. The Labute approximate surface area is 136 Å². The predicted octanol–water partition coefficient (Wildman–Crippen LogP) is 4.21. The quantitative estimate of drug-likeness (QED) is 0.369. The van der Waals surface area contributed by atoms with Gasteiger partial charge in [-0.05, 0) is 44.7 Å². The summed E-state index contributed by atoms with van der Waals surface area (Å²) >= 11 is 0. The minimum absolute atomic E-state index is 0.193. The number of unbranched alkanes of at least 4 members (excludes halogenated alkanes) is 3. The molecule has 0 aliphatic carbocycles. The van der Waals surface area contributed by atoms with Crippen LogP contribution in [0, 0.1) is 17.5 Å². The van der Waals surface area contributed by atoms with Gasteiger partial charge in [0, 0.05) is 25.3 Å². The summed E-state index contributed by atoms with van der Waals surface area (Å²) in [6.07, 6.45) is 3.43. The summed E-state index contributed by atoms with van der Waals surface area (Å²) in [5, 5.41) is 0. The molecule has 0 aromatic heterocycles. The Kier molecular flexibility index (Phi) is 8.83. The van der Waals surface area contributed by atoms with Gasteiger partial charge in [-0.2, -0.15) is 0 Å². The van der Waals surface area contributed by atoms with Crippen molar-refractivity contribution in [2.45, 2.75) is 52.0 Å². The third-order valence-corrected chi connectivity index (χ3v) is 5.98. The van der Waals surface area contributed by atoms with Crippen LogP contribution in [0.25, 0.3) is 0 Å². The maximum Gasteiger partial charge on any atom is 0.498 e. The highest BCUT2D eigenvalue weighted by molar-refractivity contribution is 6.59. The average molecular weight is 350 g/mol. The summed E-state index contributed by atoms with van der Waals surface area (Å²) in [5.74, 6) is -2.90. The highest BCUT2D eigenvalue weighted by atomic mass is 28.4. The van der Waals surface area contributed by atoms with E-state index in [1.807, 2.05) is 13.8 Å². The third-order valence-electron chi connectivity index (χ3n) is 3.52. The van der Waals surface area contributed by atoms with E-state index in [9.17, 15) is 18.0 Å². The first-order chi connectivity index (χ1) is 10.9. The molecule has 1 N–H and O–H groups in total. The van der Waals surface area contributed by atoms with Gasteiger partial charge in [0.25, 0.3) is 0 Å². The van der Waals surface area contributed by atoms with Crippen LogP contribution in [0.1, 0.15) is 45.1 Å². The van der Waals surface area contributed by atoms with Crippen LogP contribution in [0.4, 0.5) is 13.2 Å². The number of halogens is 3. The van der Waals surface area contributed by atoms with Crippen LogP contribution in [-0.4, -0.2) is 26.8 Å². The van der Waals surface area contributed by atoms with Crippen LogP contribution >= 0.6 is 0 Å². The molecule has 0 bridgehead atoms. The fourth-order valence-corrected chi connectivity index (χ4v) is 4.38. The van der Waals surface area contributed by atoms with E-state index in [4.69, 9.17) is 8.85 Å². The molecule has 23 heavy (non-hydrogen) atoms. The van der Waals surface area contributed by atoms with Crippen molar-refractivity contribution < 1.29 is 26.8 Å². The molecule has 0 heterocycles. The standard InChI is InChI=1S/C16H25F3O3Si/c1-3-21-23(20,22-4-2)10-8-6-5-7-9-13-11-15(18)16(19)12-14(13)17/h11-12,20H,3-10H2,1-2H3. The lowest BCUT2D eigenvalue weighted by molar-refractivity contribution is 0.107. The molecule has 0 aliphatic rings. The first-order valence-electron chi connectivity index (χ1n) is 8.05. The highest BCUT2D eigenvalue weighted by Crippen LogP contribution is 2.19. The molecule has 1 aromatic carbocycles. The van der Waals surface area contributed by atoms with Crippen molar-refractivity contribution in [3.8, 4) is 0 Å². The molecule has 7 heteroatoms. The van der Waals surface area contributed by atoms with Crippen LogP contribution < -0.4 is 0 Å². The minimum atomic E-state index is -3.05. The van der Waals surface area contributed by atoms with Crippen molar-refractivity contribution in [1.82, 2.24) is 0 Å². The van der Waals surface area contributed by atoms with Gasteiger partial charge in [0.15, 0.2) is 11.6 Å². The predicted molar refractivity (Wildman–Crippen MR) is 84.5 cm³/mol. The Balaban J connectivity index is 2.29. The molecule has 0 fully saturated rings. The summed E-state index contributed by atoms with van der Waals surface area (Å²) in [7, 11) is -3.05. The van der Waals surface area contributed by atoms with Crippen molar-refractivity contribution in [2.75, 3.05) is 13.2 Å². The molecule has 0 saturated carbocycles. The summed E-state index contributed by atoms with van der Waals surface area (Å²) < 4.78 is 50.0. The van der Waals surface area contributed by atoms with E-state index in [1.165, 1.54) is 0 Å².